The van der Waals surface area contributed by atoms with E-state index >= 15 is 0 Å². The largest absolute Gasteiger partial charge is 0.494 e. The van der Waals surface area contributed by atoms with Gasteiger partial charge < -0.3 is 14.8 Å². The van der Waals surface area contributed by atoms with Gasteiger partial charge in [0.25, 0.3) is 0 Å². The van der Waals surface area contributed by atoms with Gasteiger partial charge in [0.1, 0.15) is 17.3 Å². The fourth-order valence-corrected chi connectivity index (χ4v) is 3.53. The number of carbonyl (C=O) groups excluding carboxylic acids is 1. The lowest BCUT2D eigenvalue weighted by atomic mass is 10.0. The molecule has 0 atom stereocenters. The van der Waals surface area contributed by atoms with Crippen molar-refractivity contribution in [1.29, 1.82) is 0 Å². The summed E-state index contributed by atoms with van der Waals surface area (Å²) < 4.78 is 24.2. The molecule has 0 spiro atoms. The number of anilines is 1. The zero-order valence-corrected chi connectivity index (χ0v) is 19.6. The number of benzene rings is 4. The second-order valence-electron chi connectivity index (χ2n) is 7.38. The Hall–Kier alpha value is -4.30. The normalized spacial score (nSPS) is 10.8. The zero-order chi connectivity index (χ0) is 24.6. The third-order valence-electron chi connectivity index (χ3n) is 5.00. The topological polar surface area (TPSA) is 72.0 Å². The molecule has 6 nitrogen and oxygen atoms in total. The van der Waals surface area contributed by atoms with Crippen molar-refractivity contribution in [3.8, 4) is 11.5 Å². The maximum absolute atomic E-state index is 13.1. The molecule has 0 heterocycles. The molecular formula is C27H22FN3O3S. The van der Waals surface area contributed by atoms with E-state index in [1.165, 1.54) is 12.1 Å². The van der Waals surface area contributed by atoms with Gasteiger partial charge in [-0.15, -0.1) is 0 Å². The Balaban J connectivity index is 1.53. The monoisotopic (exact) mass is 487 g/mol. The highest BCUT2D eigenvalue weighted by atomic mass is 32.1. The number of esters is 1. The van der Waals surface area contributed by atoms with Gasteiger partial charge in [0.15, 0.2) is 5.11 Å². The van der Waals surface area contributed by atoms with Crippen LogP contribution in [-0.2, 0) is 0 Å². The van der Waals surface area contributed by atoms with Gasteiger partial charge in [-0.05, 0) is 84.5 Å². The predicted molar refractivity (Wildman–Crippen MR) is 140 cm³/mol. The second-order valence-corrected chi connectivity index (χ2v) is 7.78. The highest BCUT2D eigenvalue weighted by Crippen LogP contribution is 2.27. The van der Waals surface area contributed by atoms with Gasteiger partial charge in [0, 0.05) is 11.3 Å². The van der Waals surface area contributed by atoms with Crippen LogP contribution < -0.4 is 20.2 Å². The van der Waals surface area contributed by atoms with Gasteiger partial charge in [0.2, 0.25) is 0 Å². The molecule has 0 radical (unpaired) electrons. The third-order valence-corrected chi connectivity index (χ3v) is 5.19. The molecule has 176 valence electrons. The van der Waals surface area contributed by atoms with Crippen LogP contribution in [0.4, 0.5) is 10.1 Å². The Morgan fingerprint density at radius 2 is 1.74 bits per heavy atom. The van der Waals surface area contributed by atoms with E-state index in [-0.39, 0.29) is 10.9 Å². The lowest BCUT2D eigenvalue weighted by Gasteiger charge is -2.11. The van der Waals surface area contributed by atoms with Crippen LogP contribution in [0.1, 0.15) is 22.8 Å². The second kappa shape index (κ2) is 11.2. The summed E-state index contributed by atoms with van der Waals surface area (Å²) in [6.45, 7) is 2.44. The van der Waals surface area contributed by atoms with Gasteiger partial charge >= 0.3 is 5.97 Å². The number of halogens is 1. The van der Waals surface area contributed by atoms with Gasteiger partial charge in [-0.3, -0.25) is 5.43 Å². The Kier molecular flexibility index (Phi) is 7.64. The Morgan fingerprint density at radius 1 is 1.00 bits per heavy atom. The van der Waals surface area contributed by atoms with Crippen molar-refractivity contribution in [3.63, 3.8) is 0 Å². The van der Waals surface area contributed by atoms with Crippen LogP contribution in [-0.4, -0.2) is 23.9 Å². The van der Waals surface area contributed by atoms with Gasteiger partial charge in [-0.25, -0.2) is 9.18 Å². The van der Waals surface area contributed by atoms with E-state index in [0.717, 1.165) is 10.8 Å². The highest BCUT2D eigenvalue weighted by Gasteiger charge is 2.14. The van der Waals surface area contributed by atoms with Crippen LogP contribution in [0.25, 0.3) is 10.8 Å². The highest BCUT2D eigenvalue weighted by molar-refractivity contribution is 7.80. The molecule has 0 aliphatic heterocycles. The van der Waals surface area contributed by atoms with Gasteiger partial charge in [-0.1, -0.05) is 30.3 Å². The Labute approximate surface area is 207 Å². The number of hydrazone groups is 1. The van der Waals surface area contributed by atoms with E-state index < -0.39 is 5.97 Å². The minimum atomic E-state index is -0.501. The van der Waals surface area contributed by atoms with E-state index in [2.05, 4.69) is 15.8 Å². The summed E-state index contributed by atoms with van der Waals surface area (Å²) >= 11 is 5.25. The molecule has 4 aromatic carbocycles. The Morgan fingerprint density at radius 3 is 2.49 bits per heavy atom. The van der Waals surface area contributed by atoms with Crippen molar-refractivity contribution in [2.45, 2.75) is 6.92 Å². The first-order chi connectivity index (χ1) is 17.0. The number of carbonyl (C=O) groups is 1. The molecule has 4 rings (SSSR count). The molecule has 0 aliphatic carbocycles. The van der Waals surface area contributed by atoms with Crippen molar-refractivity contribution in [1.82, 2.24) is 5.43 Å². The number of hydrogen-bond donors (Lipinski definition) is 2. The SMILES string of the molecule is CCOc1ccc(C(=O)Oc2ccc3ccccc3c2/C=N/NC(=S)Nc2ccc(F)cc2)cc1. The average Bonchev–Trinajstić information content (AvgIpc) is 2.87. The van der Waals surface area contributed by atoms with E-state index in [4.69, 9.17) is 21.7 Å². The zero-order valence-electron chi connectivity index (χ0n) is 18.8. The summed E-state index contributed by atoms with van der Waals surface area (Å²) in [5.41, 5.74) is 4.36. The van der Waals surface area contributed by atoms with Crippen molar-refractivity contribution >= 4 is 46.0 Å². The molecule has 4 aromatic rings. The first-order valence-electron chi connectivity index (χ1n) is 10.9. The molecule has 0 aliphatic rings. The number of thiocarbonyl (C=S) groups is 1. The first-order valence-corrected chi connectivity index (χ1v) is 11.3. The van der Waals surface area contributed by atoms with E-state index in [1.807, 2.05) is 37.3 Å². The summed E-state index contributed by atoms with van der Waals surface area (Å²) in [7, 11) is 0. The molecule has 0 aromatic heterocycles. The fraction of sp³-hybridized carbons (Fsp3) is 0.0741. The molecule has 8 heteroatoms. The number of nitrogens with one attached hydrogen (secondary N) is 2. The van der Waals surface area contributed by atoms with Crippen LogP contribution in [0.2, 0.25) is 0 Å². The fourth-order valence-electron chi connectivity index (χ4n) is 3.36. The van der Waals surface area contributed by atoms with Crippen molar-refractivity contribution < 1.29 is 18.7 Å². The summed E-state index contributed by atoms with van der Waals surface area (Å²) in [6, 6.07) is 23.8. The van der Waals surface area contributed by atoms with Crippen LogP contribution in [0.5, 0.6) is 11.5 Å². The Bertz CT molecular complexity index is 1370. The summed E-state index contributed by atoms with van der Waals surface area (Å²) in [4.78, 5) is 12.8. The third kappa shape index (κ3) is 6.18. The van der Waals surface area contributed by atoms with E-state index in [0.29, 0.717) is 34.9 Å². The minimum Gasteiger partial charge on any atom is -0.494 e. The van der Waals surface area contributed by atoms with Crippen LogP contribution in [0, 0.1) is 5.82 Å². The standard InChI is InChI=1S/C27H22FN3O3S/c1-2-33-22-14-7-19(8-15-22)26(32)34-25-16-9-18-5-3-4-6-23(18)24(25)17-29-31-27(35)30-21-12-10-20(28)11-13-21/h3-17H,2H2,1H3,(H2,30,31,35)/b29-17+. The van der Waals surface area contributed by atoms with Gasteiger partial charge in [-0.2, -0.15) is 5.10 Å². The van der Waals surface area contributed by atoms with Crippen LogP contribution in [0.3, 0.4) is 0 Å². The van der Waals surface area contributed by atoms with Crippen LogP contribution in [0.15, 0.2) is 90.0 Å². The number of fused-ring (bicyclic) bond motifs is 1. The van der Waals surface area contributed by atoms with Crippen molar-refractivity contribution in [2.24, 2.45) is 5.10 Å². The molecule has 2 N–H and O–H groups in total. The summed E-state index contributed by atoms with van der Waals surface area (Å²) in [6.07, 6.45) is 1.54. The van der Waals surface area contributed by atoms with Crippen molar-refractivity contribution in [3.05, 3.63) is 102 Å². The number of ether oxygens (including phenoxy) is 2. The summed E-state index contributed by atoms with van der Waals surface area (Å²) in [5, 5.41) is 9.17. The van der Waals surface area contributed by atoms with Crippen LogP contribution >= 0.6 is 12.2 Å². The molecule has 0 amide bonds. The first kappa shape index (κ1) is 23.8. The number of nitrogens with zero attached hydrogens (tertiary/aromatic N) is 1. The van der Waals surface area contributed by atoms with E-state index in [9.17, 15) is 9.18 Å². The maximum atomic E-state index is 13.1. The lowest BCUT2D eigenvalue weighted by Crippen LogP contribution is -2.23. The molecule has 0 saturated carbocycles. The average molecular weight is 488 g/mol. The summed E-state index contributed by atoms with van der Waals surface area (Å²) in [5.74, 6) is 0.194. The lowest BCUT2D eigenvalue weighted by molar-refractivity contribution is 0.0734. The van der Waals surface area contributed by atoms with Crippen molar-refractivity contribution in [2.75, 3.05) is 11.9 Å². The van der Waals surface area contributed by atoms with Gasteiger partial charge in [0.05, 0.1) is 18.4 Å². The minimum absolute atomic E-state index is 0.223. The number of rotatable bonds is 7. The maximum Gasteiger partial charge on any atom is 0.343 e. The quantitative estimate of drug-likeness (QED) is 0.111. The molecule has 0 saturated heterocycles. The molecule has 0 unspecified atom stereocenters. The molecule has 0 fully saturated rings. The molecular weight excluding hydrogens is 465 g/mol. The van der Waals surface area contributed by atoms with E-state index in [1.54, 1.807) is 48.7 Å². The number of hydrogen-bond acceptors (Lipinski definition) is 5. The molecule has 0 bridgehead atoms. The smallest absolute Gasteiger partial charge is 0.343 e. The predicted octanol–water partition coefficient (Wildman–Crippen LogP) is 5.92. The molecule has 35 heavy (non-hydrogen) atoms.